The van der Waals surface area contributed by atoms with Crippen LogP contribution >= 0.6 is 0 Å². The molecule has 3 unspecified atom stereocenters. The van der Waals surface area contributed by atoms with Crippen LogP contribution in [0.25, 0.3) is 0 Å². The van der Waals surface area contributed by atoms with Gasteiger partial charge in [-0.2, -0.15) is 0 Å². The van der Waals surface area contributed by atoms with Crippen LogP contribution in [0, 0.1) is 0 Å². The van der Waals surface area contributed by atoms with Crippen molar-refractivity contribution in [3.63, 3.8) is 0 Å². The van der Waals surface area contributed by atoms with Gasteiger partial charge < -0.3 is 16.0 Å². The average molecular weight is 303 g/mol. The van der Waals surface area contributed by atoms with Crippen LogP contribution in [0.1, 0.15) is 18.2 Å². The van der Waals surface area contributed by atoms with Crippen molar-refractivity contribution in [1.82, 2.24) is 26.2 Å². The lowest BCUT2D eigenvalue weighted by Gasteiger charge is -2.41. The Morgan fingerprint density at radius 3 is 2.55 bits per heavy atom. The summed E-state index contributed by atoms with van der Waals surface area (Å²) in [7, 11) is 0. The molecule has 3 rings (SSSR count). The molecule has 2 aliphatic heterocycles. The normalized spacial score (nSPS) is 31.5. The Kier molecular flexibility index (Phi) is 6.21. The Labute approximate surface area is 133 Å². The highest BCUT2D eigenvalue weighted by molar-refractivity contribution is 5.19. The van der Waals surface area contributed by atoms with Gasteiger partial charge in [-0.15, -0.1) is 0 Å². The first kappa shape index (κ1) is 15.9. The van der Waals surface area contributed by atoms with Crippen LogP contribution in [0.5, 0.6) is 0 Å². The predicted molar refractivity (Wildman–Crippen MR) is 90.9 cm³/mol. The third-order valence-corrected chi connectivity index (χ3v) is 4.51. The van der Waals surface area contributed by atoms with Crippen LogP contribution in [0.2, 0.25) is 0 Å². The van der Waals surface area contributed by atoms with Crippen molar-refractivity contribution in [3.8, 4) is 0 Å². The van der Waals surface area contributed by atoms with Crippen LogP contribution < -0.4 is 21.3 Å². The van der Waals surface area contributed by atoms with Gasteiger partial charge in [0.05, 0.1) is 6.17 Å². The van der Waals surface area contributed by atoms with Gasteiger partial charge in [-0.1, -0.05) is 30.3 Å². The van der Waals surface area contributed by atoms with E-state index in [0.717, 1.165) is 52.4 Å². The van der Waals surface area contributed by atoms with E-state index < -0.39 is 0 Å². The minimum Gasteiger partial charge on any atom is -0.315 e. The maximum atomic E-state index is 3.72. The number of benzene rings is 1. The van der Waals surface area contributed by atoms with Gasteiger partial charge >= 0.3 is 0 Å². The monoisotopic (exact) mass is 303 g/mol. The summed E-state index contributed by atoms with van der Waals surface area (Å²) in [6.45, 7) is 8.57. The molecule has 0 saturated carbocycles. The summed E-state index contributed by atoms with van der Waals surface area (Å²) in [6, 6.07) is 11.3. The van der Waals surface area contributed by atoms with Crippen molar-refractivity contribution in [2.45, 2.75) is 18.6 Å². The highest BCUT2D eigenvalue weighted by atomic mass is 15.3. The molecule has 0 aromatic heterocycles. The molecule has 0 amide bonds. The minimum atomic E-state index is 0.337. The summed E-state index contributed by atoms with van der Waals surface area (Å²) in [5, 5.41) is 14.5. The van der Waals surface area contributed by atoms with Gasteiger partial charge in [0.15, 0.2) is 0 Å². The molecule has 4 N–H and O–H groups in total. The first-order chi connectivity index (χ1) is 10.9. The molecule has 3 atom stereocenters. The summed E-state index contributed by atoms with van der Waals surface area (Å²) in [5.74, 6) is 0. The number of nitrogens with one attached hydrogen (secondary N) is 4. The molecule has 5 nitrogen and oxygen atoms in total. The van der Waals surface area contributed by atoms with Gasteiger partial charge in [0, 0.05) is 45.3 Å². The van der Waals surface area contributed by atoms with E-state index in [9.17, 15) is 0 Å². The molecule has 5 heteroatoms. The molecule has 0 spiro atoms. The SMILES string of the molecule is c1ccc(C2NCC3CN2CCNCCCNCCN3)cc1. The van der Waals surface area contributed by atoms with Crippen molar-refractivity contribution in [2.24, 2.45) is 0 Å². The highest BCUT2D eigenvalue weighted by Crippen LogP contribution is 2.20. The van der Waals surface area contributed by atoms with E-state index in [4.69, 9.17) is 0 Å². The molecule has 122 valence electrons. The molecule has 1 aromatic carbocycles. The third kappa shape index (κ3) is 4.51. The predicted octanol–water partition coefficient (Wildman–Crippen LogP) is 0.132. The molecule has 2 fully saturated rings. The van der Waals surface area contributed by atoms with Crippen molar-refractivity contribution < 1.29 is 0 Å². The summed E-state index contributed by atoms with van der Waals surface area (Å²) in [4.78, 5) is 2.56. The molecule has 1 aromatic rings. The van der Waals surface area contributed by atoms with Crippen LogP contribution in [0.15, 0.2) is 30.3 Å². The molecular formula is C17H29N5. The first-order valence-corrected chi connectivity index (χ1v) is 8.61. The van der Waals surface area contributed by atoms with Crippen molar-refractivity contribution in [2.75, 3.05) is 52.4 Å². The Hall–Kier alpha value is -0.980. The van der Waals surface area contributed by atoms with Crippen LogP contribution in [0.3, 0.4) is 0 Å². The molecule has 2 aliphatic rings. The van der Waals surface area contributed by atoms with E-state index in [0.29, 0.717) is 12.2 Å². The maximum absolute atomic E-state index is 3.72. The maximum Gasteiger partial charge on any atom is 0.0862 e. The number of rotatable bonds is 1. The third-order valence-electron chi connectivity index (χ3n) is 4.51. The second kappa shape index (κ2) is 8.60. The molecule has 0 aliphatic carbocycles. The summed E-state index contributed by atoms with van der Waals surface area (Å²) < 4.78 is 0. The zero-order valence-corrected chi connectivity index (χ0v) is 13.4. The Balaban J connectivity index is 1.65. The number of hydrogen-bond donors (Lipinski definition) is 4. The fourth-order valence-corrected chi connectivity index (χ4v) is 3.33. The van der Waals surface area contributed by atoms with Gasteiger partial charge in [0.1, 0.15) is 0 Å². The summed E-state index contributed by atoms with van der Waals surface area (Å²) in [6.07, 6.45) is 1.54. The highest BCUT2D eigenvalue weighted by Gasteiger charge is 2.28. The smallest absolute Gasteiger partial charge is 0.0862 e. The van der Waals surface area contributed by atoms with Gasteiger partial charge in [-0.25, -0.2) is 0 Å². The lowest BCUT2D eigenvalue weighted by Crippen LogP contribution is -2.58. The van der Waals surface area contributed by atoms with Crippen molar-refractivity contribution in [1.29, 1.82) is 0 Å². The van der Waals surface area contributed by atoms with E-state index in [2.05, 4.69) is 56.5 Å². The van der Waals surface area contributed by atoms with Crippen LogP contribution in [-0.2, 0) is 0 Å². The zero-order valence-electron chi connectivity index (χ0n) is 13.4. The van der Waals surface area contributed by atoms with Gasteiger partial charge in [-0.05, 0) is 25.1 Å². The lowest BCUT2D eigenvalue weighted by molar-refractivity contribution is 0.108. The molecular weight excluding hydrogens is 274 g/mol. The molecule has 0 radical (unpaired) electrons. The zero-order chi connectivity index (χ0) is 15.0. The number of hydrogen-bond acceptors (Lipinski definition) is 5. The molecule has 22 heavy (non-hydrogen) atoms. The summed E-state index contributed by atoms with van der Waals surface area (Å²) >= 11 is 0. The lowest BCUT2D eigenvalue weighted by atomic mass is 10.1. The van der Waals surface area contributed by atoms with Crippen molar-refractivity contribution in [3.05, 3.63) is 35.9 Å². The Morgan fingerprint density at radius 2 is 1.68 bits per heavy atom. The minimum absolute atomic E-state index is 0.337. The van der Waals surface area contributed by atoms with Crippen LogP contribution in [-0.4, -0.2) is 63.3 Å². The van der Waals surface area contributed by atoms with Crippen LogP contribution in [0.4, 0.5) is 0 Å². The number of fused-ring (bicyclic) bond motifs is 2. The quantitative estimate of drug-likeness (QED) is 0.594. The molecule has 2 saturated heterocycles. The largest absolute Gasteiger partial charge is 0.315 e. The second-order valence-corrected chi connectivity index (χ2v) is 6.22. The molecule has 2 bridgehead atoms. The number of nitrogens with zero attached hydrogens (tertiary/aromatic N) is 1. The van der Waals surface area contributed by atoms with Gasteiger partial charge in [0.2, 0.25) is 0 Å². The standard InChI is InChI=1S/C17H29N5/c1-2-5-15(6-3-1)17-21-13-16-14-22(17)12-11-19-8-4-7-18-9-10-20-16/h1-3,5-6,16-21H,4,7-14H2. The van der Waals surface area contributed by atoms with Crippen molar-refractivity contribution >= 4 is 0 Å². The van der Waals surface area contributed by atoms with E-state index >= 15 is 0 Å². The fourth-order valence-electron chi connectivity index (χ4n) is 3.33. The van der Waals surface area contributed by atoms with E-state index in [1.807, 2.05) is 0 Å². The fraction of sp³-hybridized carbons (Fsp3) is 0.647. The second-order valence-electron chi connectivity index (χ2n) is 6.22. The molecule has 2 heterocycles. The van der Waals surface area contributed by atoms with E-state index in [1.165, 1.54) is 12.0 Å². The van der Waals surface area contributed by atoms with E-state index in [-0.39, 0.29) is 0 Å². The van der Waals surface area contributed by atoms with Gasteiger partial charge in [-0.3, -0.25) is 10.2 Å². The van der Waals surface area contributed by atoms with Gasteiger partial charge in [0.25, 0.3) is 0 Å². The average Bonchev–Trinajstić information content (AvgIpc) is 2.58. The summed E-state index contributed by atoms with van der Waals surface area (Å²) in [5.41, 5.74) is 1.37. The van der Waals surface area contributed by atoms with E-state index in [1.54, 1.807) is 0 Å². The first-order valence-electron chi connectivity index (χ1n) is 8.61. The Bertz CT molecular complexity index is 424. The topological polar surface area (TPSA) is 51.4 Å². The Morgan fingerprint density at radius 1 is 0.864 bits per heavy atom.